The fraction of sp³-hybridized carbons (Fsp3) is 0.938. The molecule has 112 valence electrons. The zero-order chi connectivity index (χ0) is 14.3. The molecule has 0 radical (unpaired) electrons. The number of rotatable bonds is 6. The van der Waals surface area contributed by atoms with Gasteiger partial charge in [0.2, 0.25) is 5.91 Å². The van der Waals surface area contributed by atoms with Crippen molar-refractivity contribution < 1.29 is 4.79 Å². The molecular formula is C16H32N2O. The smallest absolute Gasteiger partial charge is 0.237 e. The van der Waals surface area contributed by atoms with E-state index in [-0.39, 0.29) is 11.9 Å². The highest BCUT2D eigenvalue weighted by atomic mass is 16.2. The molecule has 3 unspecified atom stereocenters. The third-order valence-corrected chi connectivity index (χ3v) is 4.55. The lowest BCUT2D eigenvalue weighted by atomic mass is 9.96. The van der Waals surface area contributed by atoms with Crippen molar-refractivity contribution in [3.8, 4) is 0 Å². The Kier molecular flexibility index (Phi) is 7.44. The van der Waals surface area contributed by atoms with Crippen molar-refractivity contribution in [3.63, 3.8) is 0 Å². The maximum absolute atomic E-state index is 12.2. The second-order valence-electron chi connectivity index (χ2n) is 6.13. The molecule has 0 heterocycles. The van der Waals surface area contributed by atoms with Gasteiger partial charge in [0.15, 0.2) is 0 Å². The lowest BCUT2D eigenvalue weighted by Gasteiger charge is -2.27. The van der Waals surface area contributed by atoms with Crippen LogP contribution in [0.5, 0.6) is 0 Å². The van der Waals surface area contributed by atoms with Gasteiger partial charge in [-0.3, -0.25) is 4.79 Å². The van der Waals surface area contributed by atoms with Crippen molar-refractivity contribution in [1.29, 1.82) is 0 Å². The number of amides is 1. The molecule has 0 saturated heterocycles. The maximum atomic E-state index is 12.2. The highest BCUT2D eigenvalue weighted by Crippen LogP contribution is 2.23. The van der Waals surface area contributed by atoms with Crippen LogP contribution >= 0.6 is 0 Å². The van der Waals surface area contributed by atoms with Crippen LogP contribution in [0.25, 0.3) is 0 Å². The van der Waals surface area contributed by atoms with Crippen LogP contribution in [-0.4, -0.2) is 24.0 Å². The van der Waals surface area contributed by atoms with Gasteiger partial charge in [0, 0.05) is 12.1 Å². The van der Waals surface area contributed by atoms with Gasteiger partial charge in [-0.05, 0) is 38.5 Å². The van der Waals surface area contributed by atoms with Crippen molar-refractivity contribution in [1.82, 2.24) is 10.6 Å². The molecule has 1 aliphatic rings. The lowest BCUT2D eigenvalue weighted by Crippen LogP contribution is -2.50. The van der Waals surface area contributed by atoms with Gasteiger partial charge >= 0.3 is 0 Å². The molecule has 1 saturated carbocycles. The Bertz CT molecular complexity index is 263. The van der Waals surface area contributed by atoms with E-state index in [2.05, 4.69) is 31.4 Å². The summed E-state index contributed by atoms with van der Waals surface area (Å²) >= 11 is 0. The molecule has 1 fully saturated rings. The minimum atomic E-state index is -0.0776. The number of carbonyl (C=O) groups excluding carboxylic acids is 1. The summed E-state index contributed by atoms with van der Waals surface area (Å²) in [7, 11) is 0. The predicted molar refractivity (Wildman–Crippen MR) is 81.1 cm³/mol. The summed E-state index contributed by atoms with van der Waals surface area (Å²) in [5.74, 6) is 0.844. The molecule has 1 amide bonds. The van der Waals surface area contributed by atoms with E-state index in [1.807, 2.05) is 6.92 Å². The lowest BCUT2D eigenvalue weighted by molar-refractivity contribution is -0.123. The quantitative estimate of drug-likeness (QED) is 0.726. The van der Waals surface area contributed by atoms with Gasteiger partial charge in [-0.2, -0.15) is 0 Å². The Morgan fingerprint density at radius 3 is 2.42 bits per heavy atom. The summed E-state index contributed by atoms with van der Waals surface area (Å²) in [5, 5.41) is 6.68. The molecule has 2 N–H and O–H groups in total. The van der Waals surface area contributed by atoms with Crippen LogP contribution < -0.4 is 10.6 Å². The summed E-state index contributed by atoms with van der Waals surface area (Å²) < 4.78 is 0. The summed E-state index contributed by atoms with van der Waals surface area (Å²) in [6.45, 7) is 8.56. The van der Waals surface area contributed by atoms with E-state index < -0.39 is 0 Å². The van der Waals surface area contributed by atoms with Crippen LogP contribution in [-0.2, 0) is 4.79 Å². The molecule has 3 heteroatoms. The molecule has 0 spiro atoms. The number of carbonyl (C=O) groups is 1. The minimum absolute atomic E-state index is 0.0776. The Morgan fingerprint density at radius 2 is 1.79 bits per heavy atom. The molecule has 1 rings (SSSR count). The van der Waals surface area contributed by atoms with Crippen LogP contribution in [0.2, 0.25) is 0 Å². The molecule has 0 aromatic rings. The van der Waals surface area contributed by atoms with Gasteiger partial charge in [0.1, 0.15) is 0 Å². The highest BCUT2D eigenvalue weighted by Gasteiger charge is 2.24. The van der Waals surface area contributed by atoms with Gasteiger partial charge in [0.05, 0.1) is 6.04 Å². The summed E-state index contributed by atoms with van der Waals surface area (Å²) in [6, 6.07) is 0.749. The molecule has 0 bridgehead atoms. The van der Waals surface area contributed by atoms with Crippen molar-refractivity contribution in [2.75, 3.05) is 0 Å². The van der Waals surface area contributed by atoms with E-state index in [1.165, 1.54) is 32.1 Å². The first-order valence-corrected chi connectivity index (χ1v) is 8.14. The SMILES string of the molecule is CCC(CC)NC(=O)C(C)NC1CCCCCC1C. The van der Waals surface area contributed by atoms with E-state index in [9.17, 15) is 4.79 Å². The Hall–Kier alpha value is -0.570. The minimum Gasteiger partial charge on any atom is -0.352 e. The fourth-order valence-electron chi connectivity index (χ4n) is 2.96. The van der Waals surface area contributed by atoms with Gasteiger partial charge in [-0.25, -0.2) is 0 Å². The first kappa shape index (κ1) is 16.5. The van der Waals surface area contributed by atoms with Crippen LogP contribution in [0.4, 0.5) is 0 Å². The van der Waals surface area contributed by atoms with E-state index in [0.29, 0.717) is 18.0 Å². The normalized spacial score (nSPS) is 25.9. The van der Waals surface area contributed by atoms with E-state index >= 15 is 0 Å². The summed E-state index contributed by atoms with van der Waals surface area (Å²) in [6.07, 6.45) is 8.50. The fourth-order valence-corrected chi connectivity index (χ4v) is 2.96. The van der Waals surface area contributed by atoms with Crippen molar-refractivity contribution >= 4 is 5.91 Å². The predicted octanol–water partition coefficient (Wildman–Crippen LogP) is 3.24. The van der Waals surface area contributed by atoms with Gasteiger partial charge in [-0.15, -0.1) is 0 Å². The van der Waals surface area contributed by atoms with E-state index in [0.717, 1.165) is 12.8 Å². The number of hydrogen-bond acceptors (Lipinski definition) is 2. The van der Waals surface area contributed by atoms with Crippen LogP contribution in [0.15, 0.2) is 0 Å². The Balaban J connectivity index is 2.43. The van der Waals surface area contributed by atoms with Gasteiger partial charge < -0.3 is 10.6 Å². The highest BCUT2D eigenvalue weighted by molar-refractivity contribution is 5.81. The zero-order valence-electron chi connectivity index (χ0n) is 13.2. The Labute approximate surface area is 118 Å². The second kappa shape index (κ2) is 8.57. The molecule has 1 aliphatic carbocycles. The van der Waals surface area contributed by atoms with E-state index in [4.69, 9.17) is 0 Å². The topological polar surface area (TPSA) is 41.1 Å². The summed E-state index contributed by atoms with van der Waals surface area (Å²) in [5.41, 5.74) is 0. The first-order valence-electron chi connectivity index (χ1n) is 8.14. The third kappa shape index (κ3) is 5.52. The molecule has 0 aromatic heterocycles. The molecule has 3 atom stereocenters. The largest absolute Gasteiger partial charge is 0.352 e. The van der Waals surface area contributed by atoms with Crippen molar-refractivity contribution in [2.45, 2.75) is 90.8 Å². The zero-order valence-corrected chi connectivity index (χ0v) is 13.2. The van der Waals surface area contributed by atoms with Gasteiger partial charge in [0.25, 0.3) is 0 Å². The van der Waals surface area contributed by atoms with Crippen LogP contribution in [0.1, 0.15) is 72.6 Å². The number of hydrogen-bond donors (Lipinski definition) is 2. The maximum Gasteiger partial charge on any atom is 0.237 e. The average molecular weight is 268 g/mol. The van der Waals surface area contributed by atoms with Gasteiger partial charge in [-0.1, -0.05) is 40.0 Å². The number of nitrogens with one attached hydrogen (secondary N) is 2. The first-order chi connectivity index (χ1) is 9.08. The average Bonchev–Trinajstić information content (AvgIpc) is 2.61. The van der Waals surface area contributed by atoms with Crippen molar-refractivity contribution in [3.05, 3.63) is 0 Å². The molecule has 0 aliphatic heterocycles. The van der Waals surface area contributed by atoms with Crippen LogP contribution in [0, 0.1) is 5.92 Å². The third-order valence-electron chi connectivity index (χ3n) is 4.55. The molecule has 3 nitrogen and oxygen atoms in total. The second-order valence-corrected chi connectivity index (χ2v) is 6.13. The summed E-state index contributed by atoms with van der Waals surface area (Å²) in [4.78, 5) is 12.2. The molecular weight excluding hydrogens is 236 g/mol. The molecule has 0 aromatic carbocycles. The van der Waals surface area contributed by atoms with Crippen LogP contribution in [0.3, 0.4) is 0 Å². The van der Waals surface area contributed by atoms with E-state index in [1.54, 1.807) is 0 Å². The monoisotopic (exact) mass is 268 g/mol. The van der Waals surface area contributed by atoms with Crippen molar-refractivity contribution in [2.24, 2.45) is 5.92 Å². The standard InChI is InChI=1S/C16H32N2O/c1-5-14(6-2)18-16(19)13(4)17-15-11-9-7-8-10-12(15)3/h12-15,17H,5-11H2,1-4H3,(H,18,19). The Morgan fingerprint density at radius 1 is 1.16 bits per heavy atom. The molecule has 19 heavy (non-hydrogen) atoms.